The Morgan fingerprint density at radius 2 is 1.67 bits per heavy atom. The highest BCUT2D eigenvalue weighted by atomic mass is 35.5. The van der Waals surface area contributed by atoms with Crippen LogP contribution in [0.5, 0.6) is 0 Å². The van der Waals surface area contributed by atoms with E-state index in [1.807, 2.05) is 6.07 Å². The molecule has 3 aromatic carbocycles. The molecule has 0 radical (unpaired) electrons. The Labute approximate surface area is 224 Å². The molecule has 1 aliphatic rings. The number of hydrogen-bond acceptors (Lipinski definition) is 3. The number of amides is 2. The van der Waals surface area contributed by atoms with Crippen LogP contribution in [0.1, 0.15) is 33.0 Å². The van der Waals surface area contributed by atoms with Gasteiger partial charge >= 0.3 is 0 Å². The Morgan fingerprint density at radius 3 is 2.22 bits per heavy atom. The number of carbonyl (C=O) groups excluding carboxylic acids is 2. The Balaban J connectivity index is 1.85. The van der Waals surface area contributed by atoms with Gasteiger partial charge in [0.15, 0.2) is 0 Å². The van der Waals surface area contributed by atoms with Gasteiger partial charge in [0.05, 0.1) is 22.9 Å². The lowest BCUT2D eigenvalue weighted by atomic mass is 9.87. The summed E-state index contributed by atoms with van der Waals surface area (Å²) in [7, 11) is 1.26. The number of halogens is 6. The fourth-order valence-electron chi connectivity index (χ4n) is 4.52. The summed E-state index contributed by atoms with van der Waals surface area (Å²) in [5.41, 5.74) is 4.27. The van der Waals surface area contributed by atoms with Crippen molar-refractivity contribution in [2.75, 3.05) is 11.9 Å². The van der Waals surface area contributed by atoms with E-state index in [2.05, 4.69) is 0 Å². The second-order valence-electron chi connectivity index (χ2n) is 8.26. The molecule has 0 aliphatic heterocycles. The van der Waals surface area contributed by atoms with Crippen LogP contribution in [0.2, 0.25) is 10.0 Å². The van der Waals surface area contributed by atoms with E-state index >= 15 is 0 Å². The molecule has 0 saturated heterocycles. The van der Waals surface area contributed by atoms with Gasteiger partial charge in [-0.2, -0.15) is 5.26 Å². The summed E-state index contributed by atoms with van der Waals surface area (Å²) in [6.07, 6.45) is 0. The van der Waals surface area contributed by atoms with E-state index < -0.39 is 39.1 Å². The van der Waals surface area contributed by atoms with Gasteiger partial charge in [-0.25, -0.2) is 8.78 Å². The van der Waals surface area contributed by atoms with Crippen molar-refractivity contribution in [3.8, 4) is 6.07 Å². The Bertz CT molecular complexity index is 1450. The monoisotopic (exact) mass is 567 g/mol. The normalized spacial score (nSPS) is 19.9. The van der Waals surface area contributed by atoms with Gasteiger partial charge in [0, 0.05) is 29.1 Å². The summed E-state index contributed by atoms with van der Waals surface area (Å²) in [5, 5.41) is 10.2. The molecular weight excluding hydrogens is 554 g/mol. The lowest BCUT2D eigenvalue weighted by molar-refractivity contribution is -0.120. The van der Waals surface area contributed by atoms with Crippen LogP contribution >= 0.6 is 46.4 Å². The SMILES string of the molecule is CN(C(=O)c1cc(C2(C(N)=O)C(c3cc(Cl)cc(Cl)c3)C2(Cl)Cl)ccc1C#N)c1ccc(F)cc1F. The zero-order chi connectivity index (χ0) is 26.6. The van der Waals surface area contributed by atoms with Gasteiger partial charge in [0.25, 0.3) is 5.91 Å². The minimum absolute atomic E-state index is 0.0597. The third-order valence-electron chi connectivity index (χ3n) is 6.25. The molecule has 1 fully saturated rings. The van der Waals surface area contributed by atoms with E-state index in [0.717, 1.165) is 17.0 Å². The largest absolute Gasteiger partial charge is 0.369 e. The first-order valence-electron chi connectivity index (χ1n) is 10.3. The van der Waals surface area contributed by atoms with Crippen molar-refractivity contribution in [2.24, 2.45) is 5.73 Å². The fourth-order valence-corrected chi connectivity index (χ4v) is 6.16. The van der Waals surface area contributed by atoms with E-state index in [9.17, 15) is 23.6 Å². The zero-order valence-corrected chi connectivity index (χ0v) is 21.4. The maximum Gasteiger partial charge on any atom is 0.259 e. The molecule has 0 spiro atoms. The molecule has 11 heteroatoms. The van der Waals surface area contributed by atoms with Crippen LogP contribution < -0.4 is 10.6 Å². The number of alkyl halides is 2. The molecule has 5 nitrogen and oxygen atoms in total. The zero-order valence-electron chi connectivity index (χ0n) is 18.3. The van der Waals surface area contributed by atoms with E-state index in [0.29, 0.717) is 11.6 Å². The van der Waals surface area contributed by atoms with Gasteiger partial charge < -0.3 is 10.6 Å². The molecule has 1 aliphatic carbocycles. The van der Waals surface area contributed by atoms with Crippen molar-refractivity contribution in [1.82, 2.24) is 0 Å². The Morgan fingerprint density at radius 1 is 1.03 bits per heavy atom. The number of nitrogens with two attached hydrogens (primary N) is 1. The van der Waals surface area contributed by atoms with Gasteiger partial charge in [-0.3, -0.25) is 9.59 Å². The number of primary amides is 1. The van der Waals surface area contributed by atoms with Crippen LogP contribution in [0.15, 0.2) is 54.6 Å². The molecule has 184 valence electrons. The second-order valence-corrected chi connectivity index (χ2v) is 10.5. The van der Waals surface area contributed by atoms with Crippen molar-refractivity contribution in [1.29, 1.82) is 5.26 Å². The highest BCUT2D eigenvalue weighted by molar-refractivity contribution is 6.55. The van der Waals surface area contributed by atoms with Crippen molar-refractivity contribution < 1.29 is 18.4 Å². The van der Waals surface area contributed by atoms with Crippen molar-refractivity contribution in [2.45, 2.75) is 15.7 Å². The summed E-state index contributed by atoms with van der Waals surface area (Å²) in [6, 6.07) is 13.2. The first-order valence-corrected chi connectivity index (χ1v) is 11.8. The molecule has 4 rings (SSSR count). The molecule has 0 bridgehead atoms. The molecule has 2 amide bonds. The topological polar surface area (TPSA) is 87.2 Å². The first kappa shape index (κ1) is 26.2. The van der Waals surface area contributed by atoms with Gasteiger partial charge in [0.2, 0.25) is 5.91 Å². The number of carbonyl (C=O) groups is 2. The van der Waals surface area contributed by atoms with Crippen LogP contribution in [-0.4, -0.2) is 23.2 Å². The van der Waals surface area contributed by atoms with E-state index in [1.54, 1.807) is 12.1 Å². The van der Waals surface area contributed by atoms with E-state index in [4.69, 9.17) is 52.1 Å². The second kappa shape index (κ2) is 9.20. The fraction of sp³-hybridized carbons (Fsp3) is 0.160. The lowest BCUT2D eigenvalue weighted by Gasteiger charge is -2.21. The van der Waals surface area contributed by atoms with Crippen LogP contribution in [0, 0.1) is 23.0 Å². The molecule has 1 saturated carbocycles. The lowest BCUT2D eigenvalue weighted by Crippen LogP contribution is -2.35. The number of hydrogen-bond donors (Lipinski definition) is 1. The number of benzene rings is 3. The van der Waals surface area contributed by atoms with Gasteiger partial charge in [0.1, 0.15) is 21.4 Å². The third kappa shape index (κ3) is 3.99. The van der Waals surface area contributed by atoms with Crippen molar-refractivity contribution in [3.63, 3.8) is 0 Å². The summed E-state index contributed by atoms with van der Waals surface area (Å²) in [5.74, 6) is -4.35. The number of rotatable bonds is 5. The average Bonchev–Trinajstić information content (AvgIpc) is 3.34. The predicted molar refractivity (Wildman–Crippen MR) is 135 cm³/mol. The van der Waals surface area contributed by atoms with Crippen LogP contribution in [0.4, 0.5) is 14.5 Å². The number of anilines is 1. The quantitative estimate of drug-likeness (QED) is 0.376. The molecule has 36 heavy (non-hydrogen) atoms. The maximum absolute atomic E-state index is 14.3. The summed E-state index contributed by atoms with van der Waals surface area (Å²) >= 11 is 25.5. The Kier molecular flexibility index (Phi) is 6.69. The van der Waals surface area contributed by atoms with Gasteiger partial charge in [-0.05, 0) is 53.6 Å². The molecule has 3 aromatic rings. The maximum atomic E-state index is 14.3. The number of nitrogens with zero attached hydrogens (tertiary/aromatic N) is 2. The standard InChI is InChI=1S/C25H15Cl4F2N3O2/c1-34(20-5-4-17(30)10-19(20)31)22(35)18-8-14(3-2-12(18)11-32)24(23(33)36)21(25(24,28)29)13-6-15(26)9-16(27)7-13/h2-10,21H,1H3,(H2,33,36). The third-order valence-corrected chi connectivity index (χ3v) is 7.72. The van der Waals surface area contributed by atoms with Gasteiger partial charge in [-0.15, -0.1) is 0 Å². The van der Waals surface area contributed by atoms with Crippen LogP contribution in [0.3, 0.4) is 0 Å². The summed E-state index contributed by atoms with van der Waals surface area (Å²) in [6.45, 7) is 0. The van der Waals surface area contributed by atoms with Crippen LogP contribution in [-0.2, 0) is 10.2 Å². The molecule has 0 heterocycles. The smallest absolute Gasteiger partial charge is 0.259 e. The van der Waals surface area contributed by atoms with E-state index in [-0.39, 0.29) is 32.4 Å². The van der Waals surface area contributed by atoms with E-state index in [1.165, 1.54) is 31.3 Å². The highest BCUT2D eigenvalue weighted by Gasteiger charge is 2.80. The number of nitriles is 1. The van der Waals surface area contributed by atoms with Gasteiger partial charge in [-0.1, -0.05) is 52.5 Å². The first-order chi connectivity index (χ1) is 16.9. The average molecular weight is 569 g/mol. The highest BCUT2D eigenvalue weighted by Crippen LogP contribution is 2.74. The molecule has 2 unspecified atom stereocenters. The molecule has 2 atom stereocenters. The summed E-state index contributed by atoms with van der Waals surface area (Å²) < 4.78 is 25.9. The minimum atomic E-state index is -1.74. The Hall–Kier alpha value is -2.89. The van der Waals surface area contributed by atoms with Crippen LogP contribution in [0.25, 0.3) is 0 Å². The molecule has 2 N–H and O–H groups in total. The van der Waals surface area contributed by atoms with Crippen molar-refractivity contribution >= 4 is 63.9 Å². The van der Waals surface area contributed by atoms with Crippen molar-refractivity contribution in [3.05, 3.63) is 98.5 Å². The minimum Gasteiger partial charge on any atom is -0.369 e. The molecular formula is C25H15Cl4F2N3O2. The predicted octanol–water partition coefficient (Wildman–Crippen LogP) is 6.11. The molecule has 0 aromatic heterocycles. The summed E-state index contributed by atoms with van der Waals surface area (Å²) in [4.78, 5) is 27.1.